The zero-order valence-corrected chi connectivity index (χ0v) is 29.2. The molecule has 0 fully saturated rings. The summed E-state index contributed by atoms with van der Waals surface area (Å²) < 4.78 is 1.93. The first-order valence-corrected chi connectivity index (χ1v) is 18.3. The van der Waals surface area contributed by atoms with Crippen LogP contribution in [-0.4, -0.2) is 11.0 Å². The summed E-state index contributed by atoms with van der Waals surface area (Å²) >= 11 is 0. The number of rotatable bonds is 4. The summed E-state index contributed by atoms with van der Waals surface area (Å²) in [4.78, 5) is 13.6. The van der Waals surface area contributed by atoms with E-state index < -0.39 is 5.41 Å². The number of nitrogens with zero attached hydrogens (tertiary/aromatic N) is 1. The minimum Gasteiger partial charge on any atom is -0.281 e. The van der Waals surface area contributed by atoms with Gasteiger partial charge in [-0.2, -0.15) is 0 Å². The lowest BCUT2D eigenvalue weighted by Crippen LogP contribution is -2.26. The summed E-state index contributed by atoms with van der Waals surface area (Å²) in [5.74, 6) is 0. The summed E-state index contributed by atoms with van der Waals surface area (Å²) in [6.45, 7) is 2.14. The van der Waals surface area contributed by atoms with Crippen LogP contribution in [0.1, 0.15) is 27.8 Å². The largest absolute Gasteiger partial charge is 0.281 e. The van der Waals surface area contributed by atoms with Crippen LogP contribution >= 0.6 is 0 Å². The molecule has 0 N–H and O–H groups in total. The van der Waals surface area contributed by atoms with Crippen molar-refractivity contribution in [3.8, 4) is 55.6 Å². The molecule has 0 unspecified atom stereocenters. The predicted molar refractivity (Wildman–Crippen MR) is 219 cm³/mol. The molecular weight excluding hydrogens is 643 g/mol. The SMILES string of the molecule is Cc1ccccc1-c1cccc2c3ccc4c(c3n(C=O)c12)-c1ccccc1C41c2cc(-c3ccccc3)ccc2-c2ccc(-c3ccccc3)cc21. The highest BCUT2D eigenvalue weighted by Crippen LogP contribution is 2.65. The fourth-order valence-corrected chi connectivity index (χ4v) is 9.67. The second-order valence-electron chi connectivity index (χ2n) is 14.4. The van der Waals surface area contributed by atoms with Crippen molar-refractivity contribution in [3.05, 3.63) is 204 Å². The van der Waals surface area contributed by atoms with Crippen molar-refractivity contribution in [1.29, 1.82) is 0 Å². The lowest BCUT2D eigenvalue weighted by molar-refractivity contribution is 0.550. The van der Waals surface area contributed by atoms with Gasteiger partial charge in [0.1, 0.15) is 0 Å². The molecule has 2 aliphatic rings. The van der Waals surface area contributed by atoms with Crippen molar-refractivity contribution in [1.82, 2.24) is 4.57 Å². The van der Waals surface area contributed by atoms with E-state index in [9.17, 15) is 4.79 Å². The summed E-state index contributed by atoms with van der Waals surface area (Å²) in [7, 11) is 0. The maximum atomic E-state index is 13.6. The van der Waals surface area contributed by atoms with E-state index in [0.29, 0.717) is 0 Å². The van der Waals surface area contributed by atoms with Gasteiger partial charge in [0.05, 0.1) is 16.4 Å². The zero-order valence-electron chi connectivity index (χ0n) is 29.2. The van der Waals surface area contributed by atoms with E-state index in [1.54, 1.807) is 0 Å². The highest BCUT2D eigenvalue weighted by molar-refractivity contribution is 6.20. The third kappa shape index (κ3) is 3.95. The van der Waals surface area contributed by atoms with Gasteiger partial charge in [-0.15, -0.1) is 0 Å². The molecule has 248 valence electrons. The number of para-hydroxylation sites is 1. The topological polar surface area (TPSA) is 22.0 Å². The van der Waals surface area contributed by atoms with Gasteiger partial charge in [0.25, 0.3) is 0 Å². The molecule has 0 bridgehead atoms. The Morgan fingerprint density at radius 1 is 0.415 bits per heavy atom. The average molecular weight is 676 g/mol. The lowest BCUT2D eigenvalue weighted by atomic mass is 9.70. The second-order valence-corrected chi connectivity index (χ2v) is 14.4. The predicted octanol–water partition coefficient (Wildman–Crippen LogP) is 12.5. The van der Waals surface area contributed by atoms with E-state index >= 15 is 0 Å². The van der Waals surface area contributed by atoms with Gasteiger partial charge in [-0.1, -0.05) is 164 Å². The molecule has 1 heterocycles. The van der Waals surface area contributed by atoms with Crippen molar-refractivity contribution in [2.75, 3.05) is 0 Å². The maximum Gasteiger partial charge on any atom is 0.218 e. The van der Waals surface area contributed by atoms with Crippen LogP contribution in [0.15, 0.2) is 176 Å². The molecule has 11 rings (SSSR count). The minimum atomic E-state index is -0.594. The number of hydrogen-bond donors (Lipinski definition) is 0. The van der Waals surface area contributed by atoms with Crippen LogP contribution < -0.4 is 0 Å². The molecular formula is C51H33NO. The highest BCUT2D eigenvalue weighted by atomic mass is 16.1. The number of aromatic nitrogens is 1. The number of aryl methyl sites for hydroxylation is 1. The molecule has 0 saturated heterocycles. The third-order valence-corrected chi connectivity index (χ3v) is 11.9. The molecule has 9 aromatic rings. The normalized spacial score (nSPS) is 13.2. The van der Waals surface area contributed by atoms with Gasteiger partial charge in [0, 0.05) is 21.9 Å². The van der Waals surface area contributed by atoms with Crippen LogP contribution in [0, 0.1) is 6.92 Å². The van der Waals surface area contributed by atoms with E-state index in [4.69, 9.17) is 0 Å². The van der Waals surface area contributed by atoms with Gasteiger partial charge in [-0.3, -0.25) is 9.36 Å². The molecule has 8 aromatic carbocycles. The van der Waals surface area contributed by atoms with Crippen LogP contribution in [0.25, 0.3) is 77.4 Å². The van der Waals surface area contributed by atoms with Gasteiger partial charge in [0.2, 0.25) is 6.41 Å². The van der Waals surface area contributed by atoms with Crippen LogP contribution in [0.2, 0.25) is 0 Å². The Labute approximate surface area is 308 Å². The molecule has 0 radical (unpaired) electrons. The number of hydrogen-bond acceptors (Lipinski definition) is 1. The maximum absolute atomic E-state index is 13.6. The molecule has 2 heteroatoms. The molecule has 0 saturated carbocycles. The van der Waals surface area contributed by atoms with E-state index in [-0.39, 0.29) is 0 Å². The second kappa shape index (κ2) is 11.1. The first-order chi connectivity index (χ1) is 26.2. The molecule has 53 heavy (non-hydrogen) atoms. The van der Waals surface area contributed by atoms with E-state index in [1.807, 2.05) is 4.57 Å². The fourth-order valence-electron chi connectivity index (χ4n) is 9.67. The molecule has 0 aliphatic heterocycles. The van der Waals surface area contributed by atoms with Crippen LogP contribution in [0.4, 0.5) is 0 Å². The number of carbonyl (C=O) groups is 1. The van der Waals surface area contributed by atoms with Gasteiger partial charge in [-0.25, -0.2) is 0 Å². The summed E-state index contributed by atoms with van der Waals surface area (Å²) in [5, 5.41) is 2.17. The smallest absolute Gasteiger partial charge is 0.218 e. The Kier molecular flexibility index (Phi) is 6.27. The summed E-state index contributed by atoms with van der Waals surface area (Å²) in [6, 6.07) is 63.8. The highest BCUT2D eigenvalue weighted by Gasteiger charge is 2.52. The van der Waals surface area contributed by atoms with Crippen LogP contribution in [-0.2, 0) is 10.2 Å². The lowest BCUT2D eigenvalue weighted by Gasteiger charge is -2.31. The Bertz CT molecular complexity index is 2880. The van der Waals surface area contributed by atoms with Crippen LogP contribution in [0.5, 0.6) is 0 Å². The summed E-state index contributed by atoms with van der Waals surface area (Å²) in [6.07, 6.45) is 1.03. The number of carbonyl (C=O) groups excluding carboxylic acids is 1. The first kappa shape index (κ1) is 29.9. The van der Waals surface area contributed by atoms with Crippen molar-refractivity contribution in [3.63, 3.8) is 0 Å². The number of fused-ring (bicyclic) bond motifs is 14. The minimum absolute atomic E-state index is 0.594. The molecule has 0 amide bonds. The van der Waals surface area contributed by atoms with Gasteiger partial charge in [0.15, 0.2) is 0 Å². The Morgan fingerprint density at radius 3 is 1.62 bits per heavy atom. The van der Waals surface area contributed by atoms with Crippen molar-refractivity contribution < 1.29 is 4.79 Å². The first-order valence-electron chi connectivity index (χ1n) is 18.3. The Balaban J connectivity index is 1.29. The summed E-state index contributed by atoms with van der Waals surface area (Å²) in [5.41, 5.74) is 19.3. The molecule has 1 aromatic heterocycles. The fraction of sp³-hybridized carbons (Fsp3) is 0.0392. The molecule has 1 spiro atoms. The van der Waals surface area contributed by atoms with Crippen molar-refractivity contribution >= 4 is 28.2 Å². The van der Waals surface area contributed by atoms with Crippen molar-refractivity contribution in [2.24, 2.45) is 0 Å². The van der Waals surface area contributed by atoms with E-state index in [0.717, 1.165) is 44.9 Å². The Hall–Kier alpha value is -6.77. The van der Waals surface area contributed by atoms with Gasteiger partial charge in [-0.05, 0) is 91.4 Å². The van der Waals surface area contributed by atoms with Gasteiger partial charge < -0.3 is 0 Å². The van der Waals surface area contributed by atoms with E-state index in [2.05, 4.69) is 183 Å². The number of benzene rings is 8. The average Bonchev–Trinajstić information content (AvgIpc) is 3.82. The third-order valence-electron chi connectivity index (χ3n) is 11.9. The molecule has 0 atom stereocenters. The van der Waals surface area contributed by atoms with E-state index in [1.165, 1.54) is 66.8 Å². The zero-order chi connectivity index (χ0) is 35.3. The quantitative estimate of drug-likeness (QED) is 0.170. The van der Waals surface area contributed by atoms with Crippen molar-refractivity contribution in [2.45, 2.75) is 12.3 Å². The molecule has 2 nitrogen and oxygen atoms in total. The van der Waals surface area contributed by atoms with Crippen LogP contribution in [0.3, 0.4) is 0 Å². The monoisotopic (exact) mass is 675 g/mol. The van der Waals surface area contributed by atoms with Gasteiger partial charge >= 0.3 is 0 Å². The Morgan fingerprint density at radius 2 is 0.981 bits per heavy atom. The standard InChI is InChI=1S/C51H33NO/c1-32-13-8-9-18-37(32)40-20-12-21-41-42-27-28-45-48(50(42)52(31-53)49(40)41)43-19-10-11-22-44(43)51(45)46-29-35(33-14-4-2-5-15-33)23-25-38(46)39-26-24-36(30-47(39)51)34-16-6-3-7-17-34/h2-31H,1H3. The molecule has 2 aliphatic carbocycles.